The molecule has 6 nitrogen and oxygen atoms in total. The van der Waals surface area contributed by atoms with Gasteiger partial charge in [-0.2, -0.15) is 4.72 Å². The number of benzene rings is 1. The van der Waals surface area contributed by atoms with E-state index in [9.17, 15) is 17.6 Å². The lowest BCUT2D eigenvalue weighted by Crippen LogP contribution is -2.55. The van der Waals surface area contributed by atoms with Gasteiger partial charge in [0.05, 0.1) is 0 Å². The van der Waals surface area contributed by atoms with Crippen molar-refractivity contribution in [2.75, 3.05) is 26.2 Å². The first-order valence-electron chi connectivity index (χ1n) is 7.59. The van der Waals surface area contributed by atoms with E-state index in [1.54, 1.807) is 18.7 Å². The van der Waals surface area contributed by atoms with Gasteiger partial charge in [0.1, 0.15) is 16.8 Å². The number of carbonyl (C=O) groups is 1. The molecule has 0 bridgehead atoms. The van der Waals surface area contributed by atoms with Crippen LogP contribution in [0, 0.1) is 11.7 Å². The maximum absolute atomic E-state index is 13.8. The number of amides is 1. The predicted octanol–water partition coefficient (Wildman–Crippen LogP) is 0.560. The Bertz CT molecular complexity index is 658. The number of rotatable bonds is 5. The van der Waals surface area contributed by atoms with E-state index in [4.69, 9.17) is 0 Å². The summed E-state index contributed by atoms with van der Waals surface area (Å²) in [4.78, 5) is 13.8. The molecule has 1 aromatic rings. The van der Waals surface area contributed by atoms with E-state index in [1.807, 2.05) is 0 Å². The summed E-state index contributed by atoms with van der Waals surface area (Å²) in [6.45, 7) is 5.93. The third-order valence-corrected chi connectivity index (χ3v) is 5.24. The molecular weight excluding hydrogens is 321 g/mol. The van der Waals surface area contributed by atoms with E-state index in [0.29, 0.717) is 26.2 Å². The van der Waals surface area contributed by atoms with Crippen LogP contribution in [-0.2, 0) is 14.8 Å². The van der Waals surface area contributed by atoms with Gasteiger partial charge in [0.2, 0.25) is 15.9 Å². The van der Waals surface area contributed by atoms with Crippen LogP contribution >= 0.6 is 0 Å². The Kier molecular flexibility index (Phi) is 5.72. The van der Waals surface area contributed by atoms with Crippen LogP contribution in [0.4, 0.5) is 4.39 Å². The molecule has 1 amide bonds. The van der Waals surface area contributed by atoms with Crippen molar-refractivity contribution in [1.82, 2.24) is 14.9 Å². The second kappa shape index (κ2) is 7.37. The van der Waals surface area contributed by atoms with Crippen molar-refractivity contribution in [2.45, 2.75) is 24.8 Å². The molecule has 1 atom stereocenters. The van der Waals surface area contributed by atoms with Gasteiger partial charge in [-0.3, -0.25) is 4.79 Å². The minimum Gasteiger partial charge on any atom is -0.339 e. The molecule has 1 fully saturated rings. The Hall–Kier alpha value is -1.51. The van der Waals surface area contributed by atoms with Gasteiger partial charge in [0.15, 0.2) is 0 Å². The summed E-state index contributed by atoms with van der Waals surface area (Å²) >= 11 is 0. The van der Waals surface area contributed by atoms with Crippen molar-refractivity contribution < 1.29 is 17.6 Å². The lowest BCUT2D eigenvalue weighted by molar-refractivity contribution is -0.134. The molecule has 0 aliphatic carbocycles. The predicted molar refractivity (Wildman–Crippen MR) is 84.8 cm³/mol. The van der Waals surface area contributed by atoms with Crippen LogP contribution in [0.3, 0.4) is 0 Å². The molecule has 1 saturated heterocycles. The first kappa shape index (κ1) is 17.8. The summed E-state index contributed by atoms with van der Waals surface area (Å²) in [5, 5.41) is 3.14. The summed E-state index contributed by atoms with van der Waals surface area (Å²) < 4.78 is 41.0. The zero-order valence-electron chi connectivity index (χ0n) is 13.3. The molecule has 23 heavy (non-hydrogen) atoms. The number of sulfonamides is 1. The van der Waals surface area contributed by atoms with Crippen molar-refractivity contribution in [1.29, 1.82) is 0 Å². The van der Waals surface area contributed by atoms with Gasteiger partial charge in [-0.25, -0.2) is 12.8 Å². The van der Waals surface area contributed by atoms with Crippen LogP contribution in [-0.4, -0.2) is 51.4 Å². The Balaban J connectivity index is 2.22. The number of hydrogen-bond donors (Lipinski definition) is 2. The molecule has 1 aromatic carbocycles. The monoisotopic (exact) mass is 343 g/mol. The standard InChI is InChI=1S/C15H22FN3O3S/c1-11(2)14(15(20)19-9-7-17-8-10-19)18-23(21,22)13-6-4-3-5-12(13)16/h3-6,11,14,17-18H,7-10H2,1-2H3. The first-order valence-corrected chi connectivity index (χ1v) is 9.07. The zero-order chi connectivity index (χ0) is 17.0. The summed E-state index contributed by atoms with van der Waals surface area (Å²) in [5.74, 6) is -1.36. The summed E-state index contributed by atoms with van der Waals surface area (Å²) in [7, 11) is -4.11. The fraction of sp³-hybridized carbons (Fsp3) is 0.533. The number of piperazine rings is 1. The van der Waals surface area contributed by atoms with Gasteiger partial charge in [0, 0.05) is 26.2 Å². The Morgan fingerprint density at radius 1 is 1.26 bits per heavy atom. The van der Waals surface area contributed by atoms with Gasteiger partial charge >= 0.3 is 0 Å². The molecule has 0 radical (unpaired) electrons. The topological polar surface area (TPSA) is 78.5 Å². The molecule has 8 heteroatoms. The van der Waals surface area contributed by atoms with E-state index in [1.165, 1.54) is 18.2 Å². The van der Waals surface area contributed by atoms with Crippen LogP contribution in [0.25, 0.3) is 0 Å². The third-order valence-electron chi connectivity index (χ3n) is 3.77. The molecule has 2 N–H and O–H groups in total. The summed E-state index contributed by atoms with van der Waals surface area (Å²) in [5.41, 5.74) is 0. The zero-order valence-corrected chi connectivity index (χ0v) is 14.1. The molecule has 0 saturated carbocycles. The lowest BCUT2D eigenvalue weighted by Gasteiger charge is -2.32. The summed E-state index contributed by atoms with van der Waals surface area (Å²) in [6, 6.07) is 4.21. The fourth-order valence-corrected chi connectivity index (χ4v) is 3.86. The average Bonchev–Trinajstić information content (AvgIpc) is 2.53. The number of hydrogen-bond acceptors (Lipinski definition) is 4. The highest BCUT2D eigenvalue weighted by atomic mass is 32.2. The number of nitrogens with zero attached hydrogens (tertiary/aromatic N) is 1. The van der Waals surface area contributed by atoms with Crippen molar-refractivity contribution >= 4 is 15.9 Å². The molecule has 1 aliphatic rings. The molecule has 1 aliphatic heterocycles. The normalized spacial score (nSPS) is 17.3. The van der Waals surface area contributed by atoms with Crippen molar-refractivity contribution in [3.63, 3.8) is 0 Å². The van der Waals surface area contributed by atoms with E-state index in [-0.39, 0.29) is 11.8 Å². The molecular formula is C15H22FN3O3S. The Morgan fingerprint density at radius 2 is 1.87 bits per heavy atom. The van der Waals surface area contributed by atoms with E-state index in [2.05, 4.69) is 10.0 Å². The molecule has 128 valence electrons. The second-order valence-electron chi connectivity index (χ2n) is 5.85. The van der Waals surface area contributed by atoms with E-state index < -0.39 is 26.8 Å². The first-order chi connectivity index (χ1) is 10.8. The van der Waals surface area contributed by atoms with Gasteiger partial charge in [-0.15, -0.1) is 0 Å². The maximum atomic E-state index is 13.8. The van der Waals surface area contributed by atoms with Gasteiger partial charge in [-0.05, 0) is 18.1 Å². The van der Waals surface area contributed by atoms with Gasteiger partial charge < -0.3 is 10.2 Å². The van der Waals surface area contributed by atoms with Crippen molar-refractivity contribution in [3.05, 3.63) is 30.1 Å². The van der Waals surface area contributed by atoms with Gasteiger partial charge in [0.25, 0.3) is 0 Å². The molecule has 1 unspecified atom stereocenters. The number of nitrogens with one attached hydrogen (secondary N) is 2. The maximum Gasteiger partial charge on any atom is 0.244 e. The minimum absolute atomic E-state index is 0.251. The highest BCUT2D eigenvalue weighted by molar-refractivity contribution is 7.89. The van der Waals surface area contributed by atoms with Crippen LogP contribution in [0.15, 0.2) is 29.2 Å². The Labute approximate surface area is 136 Å². The fourth-order valence-electron chi connectivity index (χ4n) is 2.45. The minimum atomic E-state index is -4.11. The molecule has 0 aromatic heterocycles. The van der Waals surface area contributed by atoms with Crippen LogP contribution in [0.1, 0.15) is 13.8 Å². The van der Waals surface area contributed by atoms with Crippen molar-refractivity contribution in [2.24, 2.45) is 5.92 Å². The SMILES string of the molecule is CC(C)C(NS(=O)(=O)c1ccccc1F)C(=O)N1CCNCC1. The smallest absolute Gasteiger partial charge is 0.244 e. The average molecular weight is 343 g/mol. The number of carbonyl (C=O) groups excluding carboxylic acids is 1. The largest absolute Gasteiger partial charge is 0.339 e. The van der Waals surface area contributed by atoms with Gasteiger partial charge in [-0.1, -0.05) is 26.0 Å². The quantitative estimate of drug-likeness (QED) is 0.819. The highest BCUT2D eigenvalue weighted by Crippen LogP contribution is 2.16. The summed E-state index contributed by atoms with van der Waals surface area (Å²) in [6.07, 6.45) is 0. The molecule has 2 rings (SSSR count). The lowest BCUT2D eigenvalue weighted by atomic mass is 10.0. The highest BCUT2D eigenvalue weighted by Gasteiger charge is 2.32. The molecule has 0 spiro atoms. The number of halogens is 1. The van der Waals surface area contributed by atoms with Crippen LogP contribution in [0.5, 0.6) is 0 Å². The van der Waals surface area contributed by atoms with E-state index in [0.717, 1.165) is 6.07 Å². The molecule has 1 heterocycles. The van der Waals surface area contributed by atoms with E-state index >= 15 is 0 Å². The second-order valence-corrected chi connectivity index (χ2v) is 7.53. The Morgan fingerprint density at radius 3 is 2.43 bits per heavy atom. The third kappa shape index (κ3) is 4.27. The van der Waals surface area contributed by atoms with Crippen molar-refractivity contribution in [3.8, 4) is 0 Å². The van der Waals surface area contributed by atoms with Crippen LogP contribution in [0.2, 0.25) is 0 Å². The van der Waals surface area contributed by atoms with Crippen LogP contribution < -0.4 is 10.0 Å².